The Bertz CT molecular complexity index is 1010. The second kappa shape index (κ2) is 9.34. The van der Waals surface area contributed by atoms with Crippen molar-refractivity contribution in [3.05, 3.63) is 47.9 Å². The van der Waals surface area contributed by atoms with Gasteiger partial charge in [-0.2, -0.15) is 0 Å². The average molecular weight is 431 g/mol. The van der Waals surface area contributed by atoms with Crippen molar-refractivity contribution in [3.63, 3.8) is 0 Å². The van der Waals surface area contributed by atoms with E-state index in [1.165, 1.54) is 25.2 Å². The summed E-state index contributed by atoms with van der Waals surface area (Å²) in [5.41, 5.74) is 1.51. The molecule has 30 heavy (non-hydrogen) atoms. The number of amides is 1. The zero-order valence-electron chi connectivity index (χ0n) is 17.1. The third-order valence-electron chi connectivity index (χ3n) is 5.49. The van der Waals surface area contributed by atoms with Gasteiger partial charge in [0, 0.05) is 6.26 Å². The molecule has 1 heterocycles. The number of hydrogen-bond donors (Lipinski definition) is 2. The molecule has 0 radical (unpaired) electrons. The van der Waals surface area contributed by atoms with Crippen molar-refractivity contribution in [3.8, 4) is 0 Å². The van der Waals surface area contributed by atoms with Gasteiger partial charge in [-0.1, -0.05) is 43.0 Å². The first kappa shape index (κ1) is 21.9. The standard InChI is InChI=1S/C21H26N4O4S/c1-14(25-27)19-12-23-20(13-22-19)24-21(26)18(11-15-5-3-4-6-15)16-7-9-17(10-8-16)30(2,28)29/h7-10,12-13,15,18,27H,3-6,11H2,1-2H3,(H,23,24,26)/b25-14+/t18-/m0/s1. The van der Waals surface area contributed by atoms with Crippen LogP contribution in [0.25, 0.3) is 0 Å². The number of carbonyl (C=O) groups is 1. The van der Waals surface area contributed by atoms with Gasteiger partial charge in [-0.25, -0.2) is 18.4 Å². The van der Waals surface area contributed by atoms with Gasteiger partial charge in [0.2, 0.25) is 5.91 Å². The maximum atomic E-state index is 13.1. The first-order chi connectivity index (χ1) is 14.3. The van der Waals surface area contributed by atoms with Crippen LogP contribution in [0.3, 0.4) is 0 Å². The molecule has 1 aromatic heterocycles. The monoisotopic (exact) mass is 430 g/mol. The summed E-state index contributed by atoms with van der Waals surface area (Å²) in [5, 5.41) is 14.7. The molecule has 2 aromatic rings. The SMILES string of the molecule is C/C(=N\O)c1cnc(NC(=O)[C@@H](CC2CCCC2)c2ccc(S(C)(=O)=O)cc2)cn1. The third-order valence-corrected chi connectivity index (χ3v) is 6.62. The number of anilines is 1. The van der Waals surface area contributed by atoms with Gasteiger partial charge in [0.15, 0.2) is 15.7 Å². The molecule has 1 aliphatic rings. The minimum Gasteiger partial charge on any atom is -0.411 e. The minimum atomic E-state index is -3.30. The molecule has 8 nitrogen and oxygen atoms in total. The van der Waals surface area contributed by atoms with E-state index < -0.39 is 15.8 Å². The predicted molar refractivity (Wildman–Crippen MR) is 114 cm³/mol. The number of nitrogens with zero attached hydrogens (tertiary/aromatic N) is 3. The fraction of sp³-hybridized carbons (Fsp3) is 0.429. The molecule has 0 unspecified atom stereocenters. The molecule has 2 N–H and O–H groups in total. The van der Waals surface area contributed by atoms with E-state index in [1.54, 1.807) is 31.2 Å². The average Bonchev–Trinajstić information content (AvgIpc) is 3.25. The van der Waals surface area contributed by atoms with Gasteiger partial charge in [-0.3, -0.25) is 4.79 Å². The second-order valence-electron chi connectivity index (χ2n) is 7.74. The molecule has 1 atom stereocenters. The van der Waals surface area contributed by atoms with Crippen LogP contribution in [0, 0.1) is 5.92 Å². The lowest BCUT2D eigenvalue weighted by atomic mass is 9.87. The minimum absolute atomic E-state index is 0.205. The van der Waals surface area contributed by atoms with Crippen LogP contribution >= 0.6 is 0 Å². The molecule has 9 heteroatoms. The van der Waals surface area contributed by atoms with Crippen molar-refractivity contribution < 1.29 is 18.4 Å². The van der Waals surface area contributed by atoms with E-state index in [0.29, 0.717) is 29.6 Å². The Morgan fingerprint density at radius 3 is 2.40 bits per heavy atom. The van der Waals surface area contributed by atoms with Crippen molar-refractivity contribution in [2.75, 3.05) is 11.6 Å². The normalized spacial score (nSPS) is 16.4. The molecule has 0 spiro atoms. The van der Waals surface area contributed by atoms with Crippen molar-refractivity contribution in [1.29, 1.82) is 0 Å². The number of hydrogen-bond acceptors (Lipinski definition) is 7. The summed E-state index contributed by atoms with van der Waals surface area (Å²) in [5.74, 6) is 0.151. The Hall–Kier alpha value is -2.81. The highest BCUT2D eigenvalue weighted by Gasteiger charge is 2.27. The van der Waals surface area contributed by atoms with E-state index >= 15 is 0 Å². The zero-order valence-corrected chi connectivity index (χ0v) is 17.9. The molecular formula is C21H26N4O4S. The van der Waals surface area contributed by atoms with E-state index in [-0.39, 0.29) is 10.8 Å². The van der Waals surface area contributed by atoms with Gasteiger partial charge in [-0.05, 0) is 37.0 Å². The van der Waals surface area contributed by atoms with E-state index in [1.807, 2.05) is 0 Å². The lowest BCUT2D eigenvalue weighted by Crippen LogP contribution is -2.24. The molecule has 3 rings (SSSR count). The highest BCUT2D eigenvalue weighted by atomic mass is 32.2. The Balaban J connectivity index is 1.81. The van der Waals surface area contributed by atoms with Gasteiger partial charge in [0.25, 0.3) is 0 Å². The van der Waals surface area contributed by atoms with Crippen molar-refractivity contribution in [2.24, 2.45) is 11.1 Å². The van der Waals surface area contributed by atoms with Crippen LogP contribution in [0.15, 0.2) is 46.7 Å². The topological polar surface area (TPSA) is 122 Å². The number of aromatic nitrogens is 2. The molecule has 1 fully saturated rings. The molecule has 0 saturated heterocycles. The molecule has 1 amide bonds. The van der Waals surface area contributed by atoms with Crippen molar-refractivity contribution in [2.45, 2.75) is 49.8 Å². The van der Waals surface area contributed by atoms with Gasteiger partial charge in [0.05, 0.1) is 23.2 Å². The number of sulfone groups is 1. The van der Waals surface area contributed by atoms with Crippen LogP contribution in [0.2, 0.25) is 0 Å². The lowest BCUT2D eigenvalue weighted by molar-refractivity contribution is -0.118. The smallest absolute Gasteiger partial charge is 0.233 e. The Kier molecular flexibility index (Phi) is 6.81. The fourth-order valence-electron chi connectivity index (χ4n) is 3.77. The molecule has 160 valence electrons. The van der Waals surface area contributed by atoms with Gasteiger partial charge in [-0.15, -0.1) is 0 Å². The third kappa shape index (κ3) is 5.41. The van der Waals surface area contributed by atoms with Crippen molar-refractivity contribution in [1.82, 2.24) is 9.97 Å². The molecule has 1 aliphatic carbocycles. The Labute approximate surface area is 176 Å². The number of rotatable bonds is 7. The lowest BCUT2D eigenvalue weighted by Gasteiger charge is -2.20. The summed E-state index contributed by atoms with van der Waals surface area (Å²) in [6.07, 6.45) is 9.25. The summed E-state index contributed by atoms with van der Waals surface area (Å²) in [4.78, 5) is 21.6. The summed E-state index contributed by atoms with van der Waals surface area (Å²) in [7, 11) is -3.30. The van der Waals surface area contributed by atoms with E-state index in [2.05, 4.69) is 20.4 Å². The van der Waals surface area contributed by atoms with E-state index in [0.717, 1.165) is 24.7 Å². The van der Waals surface area contributed by atoms with Crippen LogP contribution in [0.5, 0.6) is 0 Å². The maximum absolute atomic E-state index is 13.1. The fourth-order valence-corrected chi connectivity index (χ4v) is 4.40. The highest BCUT2D eigenvalue weighted by Crippen LogP contribution is 2.35. The number of benzene rings is 1. The first-order valence-corrected chi connectivity index (χ1v) is 11.8. The molecule has 0 aliphatic heterocycles. The predicted octanol–water partition coefficient (Wildman–Crippen LogP) is 3.38. The van der Waals surface area contributed by atoms with Crippen LogP contribution in [-0.2, 0) is 14.6 Å². The zero-order chi connectivity index (χ0) is 21.7. The summed E-state index contributed by atoms with van der Waals surface area (Å²) >= 11 is 0. The molecule has 0 bridgehead atoms. The summed E-state index contributed by atoms with van der Waals surface area (Å²) in [6, 6.07) is 6.52. The van der Waals surface area contributed by atoms with E-state index in [4.69, 9.17) is 5.21 Å². The van der Waals surface area contributed by atoms with E-state index in [9.17, 15) is 13.2 Å². The number of nitrogens with one attached hydrogen (secondary N) is 1. The molecule has 1 aromatic carbocycles. The second-order valence-corrected chi connectivity index (χ2v) is 9.76. The maximum Gasteiger partial charge on any atom is 0.233 e. The first-order valence-electron chi connectivity index (χ1n) is 9.90. The van der Waals surface area contributed by atoms with Crippen LogP contribution in [0.1, 0.15) is 56.2 Å². The number of carbonyl (C=O) groups excluding carboxylic acids is 1. The molecule has 1 saturated carbocycles. The quantitative estimate of drug-likeness (QED) is 0.394. The van der Waals surface area contributed by atoms with Crippen LogP contribution < -0.4 is 5.32 Å². The highest BCUT2D eigenvalue weighted by molar-refractivity contribution is 7.90. The van der Waals surface area contributed by atoms with Crippen molar-refractivity contribution >= 4 is 27.3 Å². The Morgan fingerprint density at radius 2 is 1.87 bits per heavy atom. The summed E-state index contributed by atoms with van der Waals surface area (Å²) < 4.78 is 23.5. The van der Waals surface area contributed by atoms with Crippen LogP contribution in [-0.4, -0.2) is 41.5 Å². The Morgan fingerprint density at radius 1 is 1.20 bits per heavy atom. The molecular weight excluding hydrogens is 404 g/mol. The summed E-state index contributed by atoms with van der Waals surface area (Å²) in [6.45, 7) is 1.60. The van der Waals surface area contributed by atoms with Gasteiger partial charge >= 0.3 is 0 Å². The number of oxime groups is 1. The van der Waals surface area contributed by atoms with Crippen LogP contribution in [0.4, 0.5) is 5.82 Å². The largest absolute Gasteiger partial charge is 0.411 e. The van der Waals surface area contributed by atoms with Gasteiger partial charge < -0.3 is 10.5 Å². The van der Waals surface area contributed by atoms with Gasteiger partial charge in [0.1, 0.15) is 11.4 Å².